The Hall–Kier alpha value is -1.67. The lowest BCUT2D eigenvalue weighted by Crippen LogP contribution is -1.96. The minimum Gasteiger partial charge on any atom is -0.397 e. The van der Waals surface area contributed by atoms with E-state index in [0.29, 0.717) is 5.02 Å². The number of benzene rings is 2. The summed E-state index contributed by atoms with van der Waals surface area (Å²) in [4.78, 5) is 0. The summed E-state index contributed by atoms with van der Waals surface area (Å²) in [6.45, 7) is 2.03. The predicted molar refractivity (Wildman–Crippen MR) is 70.3 cm³/mol. The molecule has 0 aliphatic carbocycles. The van der Waals surface area contributed by atoms with Gasteiger partial charge in [-0.1, -0.05) is 23.7 Å². The molecule has 0 spiro atoms. The van der Waals surface area contributed by atoms with Crippen LogP contribution in [0.25, 0.3) is 0 Å². The summed E-state index contributed by atoms with van der Waals surface area (Å²) in [5, 5.41) is 3.95. The fourth-order valence-corrected chi connectivity index (χ4v) is 1.69. The third-order valence-electron chi connectivity index (χ3n) is 2.31. The molecule has 0 saturated carbocycles. The smallest absolute Gasteiger partial charge is 0.0620 e. The van der Waals surface area contributed by atoms with Crippen LogP contribution in [0.1, 0.15) is 5.56 Å². The number of aryl methyl sites for hydroxylation is 1. The minimum absolute atomic E-state index is 0.705. The molecule has 0 aromatic heterocycles. The Labute approximate surface area is 100 Å². The van der Waals surface area contributed by atoms with Gasteiger partial charge < -0.3 is 11.1 Å². The average Bonchev–Trinajstić information content (AvgIpc) is 2.24. The van der Waals surface area contributed by atoms with E-state index in [1.54, 1.807) is 0 Å². The lowest BCUT2D eigenvalue weighted by molar-refractivity contribution is 1.45. The van der Waals surface area contributed by atoms with Crippen molar-refractivity contribution in [3.8, 4) is 0 Å². The molecule has 0 unspecified atom stereocenters. The van der Waals surface area contributed by atoms with Crippen molar-refractivity contribution in [2.45, 2.75) is 6.92 Å². The van der Waals surface area contributed by atoms with Crippen LogP contribution in [0.3, 0.4) is 0 Å². The molecule has 0 bridgehead atoms. The second-order valence-electron chi connectivity index (χ2n) is 3.73. The highest BCUT2D eigenvalue weighted by Crippen LogP contribution is 2.25. The highest BCUT2D eigenvalue weighted by Gasteiger charge is 2.00. The summed E-state index contributed by atoms with van der Waals surface area (Å²) >= 11 is 5.91. The molecule has 3 heteroatoms. The van der Waals surface area contributed by atoms with Gasteiger partial charge in [-0.05, 0) is 42.8 Å². The summed E-state index contributed by atoms with van der Waals surface area (Å²) in [5.41, 5.74) is 9.61. The van der Waals surface area contributed by atoms with Crippen molar-refractivity contribution in [3.63, 3.8) is 0 Å². The monoisotopic (exact) mass is 232 g/mol. The molecule has 0 fully saturated rings. The van der Waals surface area contributed by atoms with E-state index < -0.39 is 0 Å². The third kappa shape index (κ3) is 2.47. The fourth-order valence-electron chi connectivity index (χ4n) is 1.50. The zero-order valence-electron chi connectivity index (χ0n) is 9.00. The molecule has 3 N–H and O–H groups in total. The van der Waals surface area contributed by atoms with E-state index in [2.05, 4.69) is 5.32 Å². The molecule has 2 rings (SSSR count). The zero-order chi connectivity index (χ0) is 11.5. The van der Waals surface area contributed by atoms with Gasteiger partial charge in [0.1, 0.15) is 0 Å². The van der Waals surface area contributed by atoms with E-state index >= 15 is 0 Å². The van der Waals surface area contributed by atoms with Crippen LogP contribution in [0.2, 0.25) is 5.02 Å². The summed E-state index contributed by atoms with van der Waals surface area (Å²) < 4.78 is 0. The SMILES string of the molecule is Cc1ccc(N)c(Nc2cccc(Cl)c2)c1. The van der Waals surface area contributed by atoms with Gasteiger partial charge in [0.25, 0.3) is 0 Å². The topological polar surface area (TPSA) is 38.0 Å². The van der Waals surface area contributed by atoms with Crippen LogP contribution in [0.4, 0.5) is 17.1 Å². The quantitative estimate of drug-likeness (QED) is 0.769. The lowest BCUT2D eigenvalue weighted by atomic mass is 10.2. The first-order valence-corrected chi connectivity index (χ1v) is 5.42. The maximum atomic E-state index is 5.91. The first-order valence-electron chi connectivity index (χ1n) is 5.04. The highest BCUT2D eigenvalue weighted by atomic mass is 35.5. The molecule has 0 heterocycles. The summed E-state index contributed by atoms with van der Waals surface area (Å²) in [5.74, 6) is 0. The molecule has 0 amide bonds. The lowest BCUT2D eigenvalue weighted by Gasteiger charge is -2.10. The van der Waals surface area contributed by atoms with Crippen LogP contribution in [0, 0.1) is 6.92 Å². The van der Waals surface area contributed by atoms with Crippen LogP contribution in [0.15, 0.2) is 42.5 Å². The second kappa shape index (κ2) is 4.45. The maximum absolute atomic E-state index is 5.91. The number of nitrogens with two attached hydrogens (primary N) is 1. The molecule has 0 saturated heterocycles. The fraction of sp³-hybridized carbons (Fsp3) is 0.0769. The van der Waals surface area contributed by atoms with Gasteiger partial charge in [0.05, 0.1) is 11.4 Å². The Morgan fingerprint density at radius 1 is 1.12 bits per heavy atom. The van der Waals surface area contributed by atoms with Gasteiger partial charge >= 0.3 is 0 Å². The van der Waals surface area contributed by atoms with Gasteiger partial charge in [-0.3, -0.25) is 0 Å². The van der Waals surface area contributed by atoms with Crippen molar-refractivity contribution >= 4 is 28.7 Å². The van der Waals surface area contributed by atoms with E-state index in [1.165, 1.54) is 5.56 Å². The molecule has 0 atom stereocenters. The molecule has 16 heavy (non-hydrogen) atoms. The zero-order valence-corrected chi connectivity index (χ0v) is 9.75. The van der Waals surface area contributed by atoms with E-state index in [4.69, 9.17) is 17.3 Å². The Balaban J connectivity index is 2.30. The second-order valence-corrected chi connectivity index (χ2v) is 4.16. The predicted octanol–water partition coefficient (Wildman–Crippen LogP) is 3.97. The molecular weight excluding hydrogens is 220 g/mol. The van der Waals surface area contributed by atoms with Crippen molar-refractivity contribution in [1.29, 1.82) is 0 Å². The molecular formula is C13H13ClN2. The van der Waals surface area contributed by atoms with Gasteiger partial charge in [0, 0.05) is 10.7 Å². The van der Waals surface area contributed by atoms with Crippen molar-refractivity contribution in [1.82, 2.24) is 0 Å². The Morgan fingerprint density at radius 3 is 2.69 bits per heavy atom. The van der Waals surface area contributed by atoms with Crippen LogP contribution in [-0.2, 0) is 0 Å². The maximum Gasteiger partial charge on any atom is 0.0620 e. The number of nitrogen functional groups attached to an aromatic ring is 1. The Bertz CT molecular complexity index is 509. The van der Waals surface area contributed by atoms with E-state index in [0.717, 1.165) is 17.1 Å². The normalized spacial score (nSPS) is 10.1. The average molecular weight is 233 g/mol. The van der Waals surface area contributed by atoms with Crippen LogP contribution in [-0.4, -0.2) is 0 Å². The highest BCUT2D eigenvalue weighted by molar-refractivity contribution is 6.30. The number of halogens is 1. The van der Waals surface area contributed by atoms with Gasteiger partial charge in [-0.15, -0.1) is 0 Å². The van der Waals surface area contributed by atoms with Crippen molar-refractivity contribution < 1.29 is 0 Å². The molecule has 0 aliphatic rings. The van der Waals surface area contributed by atoms with Crippen molar-refractivity contribution in [3.05, 3.63) is 53.1 Å². The van der Waals surface area contributed by atoms with Crippen LogP contribution >= 0.6 is 11.6 Å². The molecule has 2 aromatic rings. The molecule has 0 radical (unpaired) electrons. The van der Waals surface area contributed by atoms with Gasteiger partial charge in [0.2, 0.25) is 0 Å². The van der Waals surface area contributed by atoms with Gasteiger partial charge in [0.15, 0.2) is 0 Å². The Morgan fingerprint density at radius 2 is 1.94 bits per heavy atom. The number of hydrogen-bond acceptors (Lipinski definition) is 2. The molecule has 0 aliphatic heterocycles. The number of nitrogens with one attached hydrogen (secondary N) is 1. The molecule has 2 nitrogen and oxygen atoms in total. The van der Waals surface area contributed by atoms with Crippen LogP contribution < -0.4 is 11.1 Å². The summed E-state index contributed by atoms with van der Waals surface area (Å²) in [6.07, 6.45) is 0. The Kier molecular flexibility index (Phi) is 3.02. The van der Waals surface area contributed by atoms with Crippen molar-refractivity contribution in [2.75, 3.05) is 11.1 Å². The first kappa shape index (κ1) is 10.8. The van der Waals surface area contributed by atoms with E-state index in [-0.39, 0.29) is 0 Å². The standard InChI is InChI=1S/C13H13ClN2/c1-9-5-6-12(15)13(7-9)16-11-4-2-3-10(14)8-11/h2-8,16H,15H2,1H3. The van der Waals surface area contributed by atoms with Crippen molar-refractivity contribution in [2.24, 2.45) is 0 Å². The third-order valence-corrected chi connectivity index (χ3v) is 2.55. The van der Waals surface area contributed by atoms with E-state index in [9.17, 15) is 0 Å². The number of hydrogen-bond donors (Lipinski definition) is 2. The summed E-state index contributed by atoms with van der Waals surface area (Å²) in [7, 11) is 0. The first-order chi connectivity index (χ1) is 7.65. The van der Waals surface area contributed by atoms with Gasteiger partial charge in [-0.2, -0.15) is 0 Å². The molecule has 82 valence electrons. The minimum atomic E-state index is 0.705. The van der Waals surface area contributed by atoms with E-state index in [1.807, 2.05) is 49.4 Å². The van der Waals surface area contributed by atoms with Crippen LogP contribution in [0.5, 0.6) is 0 Å². The number of anilines is 3. The number of rotatable bonds is 2. The largest absolute Gasteiger partial charge is 0.397 e. The summed E-state index contributed by atoms with van der Waals surface area (Å²) in [6, 6.07) is 13.4. The van der Waals surface area contributed by atoms with Gasteiger partial charge in [-0.25, -0.2) is 0 Å². The molecule has 2 aromatic carbocycles.